The molecular weight excluding hydrogens is 412 g/mol. The van der Waals surface area contributed by atoms with Crippen LogP contribution in [0.2, 0.25) is 0 Å². The molecule has 5 nitrogen and oxygen atoms in total. The lowest BCUT2D eigenvalue weighted by atomic mass is 10.1. The molecule has 0 fully saturated rings. The normalized spacial score (nSPS) is 10.5. The van der Waals surface area contributed by atoms with Crippen LogP contribution in [0.4, 0.5) is 11.4 Å². The Morgan fingerprint density at radius 1 is 0.727 bits per heavy atom. The van der Waals surface area contributed by atoms with E-state index in [1.807, 2.05) is 54.7 Å². The van der Waals surface area contributed by atoms with Gasteiger partial charge in [0.2, 0.25) is 0 Å². The number of methoxy groups -OCH3 is 2. The van der Waals surface area contributed by atoms with Crippen LogP contribution in [0.5, 0.6) is 17.2 Å². The topological polar surface area (TPSA) is 43.8 Å². The van der Waals surface area contributed by atoms with Crippen LogP contribution in [-0.4, -0.2) is 25.8 Å². The first kappa shape index (κ1) is 22.2. The number of hydrogen-bond donors (Lipinski definition) is 0. The van der Waals surface area contributed by atoms with Gasteiger partial charge in [0.25, 0.3) is 0 Å². The molecule has 0 atom stereocenters. The van der Waals surface area contributed by atoms with E-state index < -0.39 is 0 Å². The smallest absolute Gasteiger partial charge is 0.163 e. The van der Waals surface area contributed by atoms with Gasteiger partial charge in [-0.3, -0.25) is 4.98 Å². The van der Waals surface area contributed by atoms with Crippen molar-refractivity contribution in [3.8, 4) is 17.2 Å². The van der Waals surface area contributed by atoms with Gasteiger partial charge in [0.15, 0.2) is 11.5 Å². The highest BCUT2D eigenvalue weighted by atomic mass is 16.5. The summed E-state index contributed by atoms with van der Waals surface area (Å²) in [6.07, 6.45) is 4.47. The Balaban J connectivity index is 1.55. The van der Waals surface area contributed by atoms with Crippen LogP contribution in [0.3, 0.4) is 0 Å². The summed E-state index contributed by atoms with van der Waals surface area (Å²) < 4.78 is 17.0. The molecule has 1 aromatic heterocycles. The Kier molecular flexibility index (Phi) is 7.44. The maximum absolute atomic E-state index is 6.17. The molecule has 0 bridgehead atoms. The summed E-state index contributed by atoms with van der Waals surface area (Å²) in [5, 5.41) is 0. The first-order valence-electron chi connectivity index (χ1n) is 10.9. The van der Waals surface area contributed by atoms with E-state index in [9.17, 15) is 0 Å². The Hall–Kier alpha value is -3.99. The zero-order chi connectivity index (χ0) is 22.9. The lowest BCUT2D eigenvalue weighted by molar-refractivity contribution is 0.297. The number of hydrogen-bond acceptors (Lipinski definition) is 5. The molecule has 0 unspecified atom stereocenters. The molecule has 0 radical (unpaired) electrons. The Bertz CT molecular complexity index is 1130. The van der Waals surface area contributed by atoms with Gasteiger partial charge in [-0.15, -0.1) is 0 Å². The zero-order valence-corrected chi connectivity index (χ0v) is 19.0. The molecule has 4 rings (SSSR count). The minimum Gasteiger partial charge on any atom is -0.497 e. The maximum atomic E-state index is 6.17. The number of nitrogens with zero attached hydrogens (tertiary/aromatic N) is 2. The lowest BCUT2D eigenvalue weighted by Crippen LogP contribution is -2.16. The van der Waals surface area contributed by atoms with E-state index in [1.54, 1.807) is 20.4 Å². The van der Waals surface area contributed by atoms with Crippen LogP contribution in [-0.2, 0) is 13.0 Å². The van der Waals surface area contributed by atoms with Crippen LogP contribution in [0.15, 0.2) is 97.3 Å². The van der Waals surface area contributed by atoms with Crippen molar-refractivity contribution in [1.29, 1.82) is 0 Å². The van der Waals surface area contributed by atoms with Crippen molar-refractivity contribution in [2.24, 2.45) is 0 Å². The van der Waals surface area contributed by atoms with Crippen molar-refractivity contribution in [3.63, 3.8) is 0 Å². The number of aromatic nitrogens is 1. The van der Waals surface area contributed by atoms with Gasteiger partial charge < -0.3 is 19.1 Å². The Morgan fingerprint density at radius 2 is 1.55 bits per heavy atom. The van der Waals surface area contributed by atoms with E-state index in [4.69, 9.17) is 14.2 Å². The quantitative estimate of drug-likeness (QED) is 0.300. The zero-order valence-electron chi connectivity index (χ0n) is 19.0. The lowest BCUT2D eigenvalue weighted by Gasteiger charge is -2.26. The van der Waals surface area contributed by atoms with Crippen LogP contribution < -0.4 is 19.1 Å². The van der Waals surface area contributed by atoms with Crippen molar-refractivity contribution in [1.82, 2.24) is 4.98 Å². The fourth-order valence-electron chi connectivity index (χ4n) is 3.63. The third-order valence-corrected chi connectivity index (χ3v) is 5.40. The van der Waals surface area contributed by atoms with Gasteiger partial charge in [0.05, 0.1) is 20.8 Å². The number of para-hydroxylation sites is 1. The van der Waals surface area contributed by atoms with Crippen molar-refractivity contribution >= 4 is 11.4 Å². The molecule has 33 heavy (non-hydrogen) atoms. The van der Waals surface area contributed by atoms with Gasteiger partial charge >= 0.3 is 0 Å². The average molecular weight is 441 g/mol. The molecule has 5 heteroatoms. The van der Waals surface area contributed by atoms with Crippen molar-refractivity contribution in [2.45, 2.75) is 13.0 Å². The van der Waals surface area contributed by atoms with E-state index in [-0.39, 0.29) is 0 Å². The standard InChI is InChI=1S/C28H28N2O3/c1-31-26-13-10-22(11-14-26)16-18-33-28-19-25(12-15-27(28)32-2)30(24-8-4-3-5-9-24)21-23-7-6-17-29-20-23/h3-15,17,19-20H,16,18,21H2,1-2H3. The predicted octanol–water partition coefficient (Wildman–Crippen LogP) is 6.06. The molecule has 0 spiro atoms. The first-order valence-corrected chi connectivity index (χ1v) is 10.9. The summed E-state index contributed by atoms with van der Waals surface area (Å²) in [7, 11) is 3.33. The third kappa shape index (κ3) is 5.83. The predicted molar refractivity (Wildman–Crippen MR) is 132 cm³/mol. The molecular formula is C28H28N2O3. The molecule has 0 amide bonds. The van der Waals surface area contributed by atoms with Gasteiger partial charge in [-0.25, -0.2) is 0 Å². The molecule has 0 saturated carbocycles. The maximum Gasteiger partial charge on any atom is 0.163 e. The van der Waals surface area contributed by atoms with Gasteiger partial charge in [0, 0.05) is 42.8 Å². The fraction of sp³-hybridized carbons (Fsp3) is 0.179. The number of anilines is 2. The van der Waals surface area contributed by atoms with Gasteiger partial charge in [0.1, 0.15) is 5.75 Å². The largest absolute Gasteiger partial charge is 0.497 e. The number of benzene rings is 3. The average Bonchev–Trinajstić information content (AvgIpc) is 2.89. The molecule has 0 aliphatic rings. The highest BCUT2D eigenvalue weighted by Gasteiger charge is 2.14. The molecule has 4 aromatic rings. The molecule has 168 valence electrons. The number of pyridine rings is 1. The monoisotopic (exact) mass is 440 g/mol. The summed E-state index contributed by atoms with van der Waals surface area (Å²) >= 11 is 0. The number of rotatable bonds is 10. The van der Waals surface area contributed by atoms with E-state index >= 15 is 0 Å². The van der Waals surface area contributed by atoms with Crippen molar-refractivity contribution in [2.75, 3.05) is 25.7 Å². The van der Waals surface area contributed by atoms with Gasteiger partial charge in [-0.05, 0) is 53.6 Å². The van der Waals surface area contributed by atoms with Gasteiger partial charge in [-0.1, -0.05) is 36.4 Å². The van der Waals surface area contributed by atoms with E-state index in [0.29, 0.717) is 18.9 Å². The van der Waals surface area contributed by atoms with Gasteiger partial charge in [-0.2, -0.15) is 0 Å². The summed E-state index contributed by atoms with van der Waals surface area (Å²) in [6.45, 7) is 1.23. The highest BCUT2D eigenvalue weighted by molar-refractivity contribution is 5.66. The third-order valence-electron chi connectivity index (χ3n) is 5.40. The Morgan fingerprint density at radius 3 is 2.24 bits per heavy atom. The van der Waals surface area contributed by atoms with Crippen LogP contribution >= 0.6 is 0 Å². The summed E-state index contributed by atoms with van der Waals surface area (Å²) in [6, 6.07) is 28.4. The minimum atomic E-state index is 0.542. The van der Waals surface area contributed by atoms with E-state index in [0.717, 1.165) is 34.9 Å². The van der Waals surface area contributed by atoms with E-state index in [1.165, 1.54) is 5.56 Å². The molecule has 0 N–H and O–H groups in total. The SMILES string of the molecule is COc1ccc(CCOc2cc(N(Cc3cccnc3)c3ccccc3)ccc2OC)cc1. The fourth-order valence-corrected chi connectivity index (χ4v) is 3.63. The second-order valence-corrected chi connectivity index (χ2v) is 7.56. The minimum absolute atomic E-state index is 0.542. The van der Waals surface area contributed by atoms with E-state index in [2.05, 4.69) is 46.3 Å². The molecule has 0 aliphatic heterocycles. The van der Waals surface area contributed by atoms with Crippen molar-refractivity contribution < 1.29 is 14.2 Å². The number of ether oxygens (including phenoxy) is 3. The Labute approximate surface area is 195 Å². The molecule has 3 aromatic carbocycles. The van der Waals surface area contributed by atoms with Crippen LogP contribution in [0, 0.1) is 0 Å². The highest BCUT2D eigenvalue weighted by Crippen LogP contribution is 2.35. The summed E-state index contributed by atoms with van der Waals surface area (Å²) in [4.78, 5) is 6.51. The molecule has 0 saturated heterocycles. The molecule has 0 aliphatic carbocycles. The van der Waals surface area contributed by atoms with Crippen LogP contribution in [0.1, 0.15) is 11.1 Å². The van der Waals surface area contributed by atoms with Crippen LogP contribution in [0.25, 0.3) is 0 Å². The molecule has 1 heterocycles. The summed E-state index contributed by atoms with van der Waals surface area (Å²) in [5.41, 5.74) is 4.42. The second-order valence-electron chi connectivity index (χ2n) is 7.56. The summed E-state index contributed by atoms with van der Waals surface area (Å²) in [5.74, 6) is 2.28. The second kappa shape index (κ2) is 11.0. The van der Waals surface area contributed by atoms with Crippen molar-refractivity contribution in [3.05, 3.63) is 108 Å². The first-order chi connectivity index (χ1) is 16.3.